The minimum atomic E-state index is -0.0885. The predicted octanol–water partition coefficient (Wildman–Crippen LogP) is 4.17. The Labute approximate surface area is 121 Å². The first kappa shape index (κ1) is 12.8. The van der Waals surface area contributed by atoms with E-state index >= 15 is 0 Å². The van der Waals surface area contributed by atoms with Crippen LogP contribution in [0.5, 0.6) is 0 Å². The first-order valence-corrected chi connectivity index (χ1v) is 7.19. The van der Waals surface area contributed by atoms with Gasteiger partial charge in [0.2, 0.25) is 0 Å². The number of aromatic nitrogens is 1. The van der Waals surface area contributed by atoms with Crippen LogP contribution in [0.25, 0.3) is 10.2 Å². The van der Waals surface area contributed by atoms with Crippen molar-refractivity contribution in [3.05, 3.63) is 58.6 Å². The molecular weight excluding hydrogens is 268 g/mol. The fourth-order valence-electron chi connectivity index (χ4n) is 2.15. The summed E-state index contributed by atoms with van der Waals surface area (Å²) < 4.78 is 1.14. The number of fused-ring (bicyclic) bond motifs is 1. The Bertz CT molecular complexity index is 792. The third-order valence-corrected chi connectivity index (χ3v) is 4.09. The van der Waals surface area contributed by atoms with Crippen LogP contribution >= 0.6 is 11.3 Å². The lowest BCUT2D eigenvalue weighted by molar-refractivity contribution is 0.102. The summed E-state index contributed by atoms with van der Waals surface area (Å²) in [6.07, 6.45) is 0. The molecule has 20 heavy (non-hydrogen) atoms. The number of aryl methyl sites for hydroxylation is 2. The van der Waals surface area contributed by atoms with Gasteiger partial charge < -0.3 is 5.32 Å². The summed E-state index contributed by atoms with van der Waals surface area (Å²) in [7, 11) is 0. The molecule has 3 aromatic rings. The predicted molar refractivity (Wildman–Crippen MR) is 83.5 cm³/mol. The van der Waals surface area contributed by atoms with Gasteiger partial charge >= 0.3 is 0 Å². The molecule has 1 N–H and O–H groups in total. The van der Waals surface area contributed by atoms with Crippen LogP contribution in [0.1, 0.15) is 20.9 Å². The van der Waals surface area contributed by atoms with Gasteiger partial charge in [-0.2, -0.15) is 0 Å². The van der Waals surface area contributed by atoms with E-state index in [9.17, 15) is 4.79 Å². The number of anilines is 1. The molecule has 0 unspecified atom stereocenters. The van der Waals surface area contributed by atoms with E-state index in [0.717, 1.165) is 26.5 Å². The maximum Gasteiger partial charge on any atom is 0.255 e. The third kappa shape index (κ3) is 2.42. The Morgan fingerprint density at radius 3 is 2.75 bits per heavy atom. The number of rotatable bonds is 2. The molecule has 0 saturated heterocycles. The highest BCUT2D eigenvalue weighted by Crippen LogP contribution is 2.24. The quantitative estimate of drug-likeness (QED) is 0.766. The molecule has 0 aliphatic carbocycles. The lowest BCUT2D eigenvalue weighted by Crippen LogP contribution is -2.13. The van der Waals surface area contributed by atoms with Crippen LogP contribution < -0.4 is 5.32 Å². The van der Waals surface area contributed by atoms with Crippen LogP contribution in [0.2, 0.25) is 0 Å². The second-order valence-corrected chi connectivity index (χ2v) is 5.92. The number of nitrogens with one attached hydrogen (secondary N) is 1. The summed E-state index contributed by atoms with van der Waals surface area (Å²) >= 11 is 1.65. The van der Waals surface area contributed by atoms with E-state index in [0.29, 0.717) is 5.56 Å². The molecule has 4 heteroatoms. The van der Waals surface area contributed by atoms with Gasteiger partial charge in [-0.3, -0.25) is 4.79 Å². The zero-order valence-electron chi connectivity index (χ0n) is 11.3. The molecular formula is C16H14N2OS. The first-order valence-electron chi connectivity index (χ1n) is 6.37. The summed E-state index contributed by atoms with van der Waals surface area (Å²) in [6.45, 7) is 3.91. The normalized spacial score (nSPS) is 10.7. The summed E-state index contributed by atoms with van der Waals surface area (Å²) in [5.74, 6) is -0.0885. The monoisotopic (exact) mass is 282 g/mol. The van der Waals surface area contributed by atoms with E-state index in [-0.39, 0.29) is 5.91 Å². The van der Waals surface area contributed by atoms with E-state index in [4.69, 9.17) is 0 Å². The summed E-state index contributed by atoms with van der Waals surface area (Å²) in [5, 5.41) is 3.96. The molecule has 3 nitrogen and oxygen atoms in total. The van der Waals surface area contributed by atoms with Gasteiger partial charge in [0.1, 0.15) is 0 Å². The molecule has 2 aromatic carbocycles. The second kappa shape index (κ2) is 5.06. The zero-order valence-corrected chi connectivity index (χ0v) is 12.1. The largest absolute Gasteiger partial charge is 0.322 e. The fraction of sp³-hybridized carbons (Fsp3) is 0.125. The van der Waals surface area contributed by atoms with Crippen molar-refractivity contribution in [1.82, 2.24) is 4.98 Å². The minimum Gasteiger partial charge on any atom is -0.322 e. The molecule has 0 fully saturated rings. The number of thiazole rings is 1. The molecule has 100 valence electrons. The van der Waals surface area contributed by atoms with E-state index in [1.807, 2.05) is 56.3 Å². The van der Waals surface area contributed by atoms with Crippen molar-refractivity contribution >= 4 is 33.1 Å². The van der Waals surface area contributed by atoms with E-state index in [1.165, 1.54) is 0 Å². The number of nitrogens with zero attached hydrogens (tertiary/aromatic N) is 1. The number of carbonyl (C=O) groups excluding carboxylic acids is 1. The van der Waals surface area contributed by atoms with Crippen molar-refractivity contribution in [2.45, 2.75) is 13.8 Å². The molecule has 1 amide bonds. The van der Waals surface area contributed by atoms with Crippen molar-refractivity contribution in [2.24, 2.45) is 0 Å². The minimum absolute atomic E-state index is 0.0885. The molecule has 1 aromatic heterocycles. The van der Waals surface area contributed by atoms with Crippen LogP contribution in [0, 0.1) is 13.8 Å². The zero-order chi connectivity index (χ0) is 14.1. The number of hydrogen-bond acceptors (Lipinski definition) is 3. The van der Waals surface area contributed by atoms with Crippen molar-refractivity contribution < 1.29 is 4.79 Å². The fourth-order valence-corrected chi connectivity index (χ4v) is 2.95. The number of hydrogen-bond donors (Lipinski definition) is 1. The molecule has 0 aliphatic rings. The topological polar surface area (TPSA) is 42.0 Å². The van der Waals surface area contributed by atoms with Gasteiger partial charge in [0.25, 0.3) is 5.91 Å². The van der Waals surface area contributed by atoms with Crippen LogP contribution in [-0.2, 0) is 0 Å². The molecule has 0 saturated carbocycles. The van der Waals surface area contributed by atoms with Gasteiger partial charge in [-0.1, -0.05) is 18.2 Å². The SMILES string of the molecule is Cc1nc2cc(NC(=O)c3ccccc3C)ccc2s1. The molecule has 0 aliphatic heterocycles. The number of carbonyl (C=O) groups is 1. The van der Waals surface area contributed by atoms with Gasteiger partial charge in [0.05, 0.1) is 15.2 Å². The molecule has 0 spiro atoms. The average Bonchev–Trinajstić information content (AvgIpc) is 2.78. The van der Waals surface area contributed by atoms with E-state index < -0.39 is 0 Å². The summed E-state index contributed by atoms with van der Waals surface area (Å²) in [6, 6.07) is 13.4. The summed E-state index contributed by atoms with van der Waals surface area (Å²) in [4.78, 5) is 16.7. The Morgan fingerprint density at radius 1 is 1.15 bits per heavy atom. The van der Waals surface area contributed by atoms with Gasteiger partial charge in [0, 0.05) is 11.3 Å². The van der Waals surface area contributed by atoms with Crippen LogP contribution in [-0.4, -0.2) is 10.9 Å². The van der Waals surface area contributed by atoms with Crippen LogP contribution in [0.15, 0.2) is 42.5 Å². The first-order chi connectivity index (χ1) is 9.63. The van der Waals surface area contributed by atoms with Gasteiger partial charge in [-0.15, -0.1) is 11.3 Å². The van der Waals surface area contributed by atoms with Gasteiger partial charge in [-0.25, -0.2) is 4.98 Å². The Morgan fingerprint density at radius 2 is 1.95 bits per heavy atom. The number of amides is 1. The standard InChI is InChI=1S/C16H14N2OS/c1-10-5-3-4-6-13(10)16(19)18-12-7-8-15-14(9-12)17-11(2)20-15/h3-9H,1-2H3,(H,18,19). The van der Waals surface area contributed by atoms with Gasteiger partial charge in [0.15, 0.2) is 0 Å². The molecule has 0 atom stereocenters. The number of benzene rings is 2. The van der Waals surface area contributed by atoms with Crippen LogP contribution in [0.3, 0.4) is 0 Å². The summed E-state index contributed by atoms with van der Waals surface area (Å²) in [5.41, 5.74) is 3.36. The van der Waals surface area contributed by atoms with Crippen LogP contribution in [0.4, 0.5) is 5.69 Å². The highest BCUT2D eigenvalue weighted by atomic mass is 32.1. The van der Waals surface area contributed by atoms with Gasteiger partial charge in [-0.05, 0) is 43.7 Å². The molecule has 0 bridgehead atoms. The lowest BCUT2D eigenvalue weighted by atomic mass is 10.1. The highest BCUT2D eigenvalue weighted by Gasteiger charge is 2.09. The molecule has 0 radical (unpaired) electrons. The maximum absolute atomic E-state index is 12.2. The Hall–Kier alpha value is -2.20. The third-order valence-electron chi connectivity index (χ3n) is 3.14. The van der Waals surface area contributed by atoms with E-state index in [2.05, 4.69) is 10.3 Å². The molecule has 1 heterocycles. The molecule has 3 rings (SSSR count). The van der Waals surface area contributed by atoms with Crippen molar-refractivity contribution in [3.63, 3.8) is 0 Å². The van der Waals surface area contributed by atoms with Crippen molar-refractivity contribution in [1.29, 1.82) is 0 Å². The Kier molecular flexibility index (Phi) is 3.24. The van der Waals surface area contributed by atoms with Crippen molar-refractivity contribution in [2.75, 3.05) is 5.32 Å². The van der Waals surface area contributed by atoms with E-state index in [1.54, 1.807) is 11.3 Å². The van der Waals surface area contributed by atoms with Crippen molar-refractivity contribution in [3.8, 4) is 0 Å². The lowest BCUT2D eigenvalue weighted by Gasteiger charge is -2.07. The smallest absolute Gasteiger partial charge is 0.255 e. The average molecular weight is 282 g/mol. The maximum atomic E-state index is 12.2. The Balaban J connectivity index is 1.89. The highest BCUT2D eigenvalue weighted by molar-refractivity contribution is 7.18. The second-order valence-electron chi connectivity index (χ2n) is 4.68.